The maximum Gasteiger partial charge on any atom is 0.236 e. The molecule has 0 N–H and O–H groups in total. The van der Waals surface area contributed by atoms with E-state index in [4.69, 9.17) is 14.5 Å². The van der Waals surface area contributed by atoms with Crippen molar-refractivity contribution in [1.82, 2.24) is 5.16 Å². The summed E-state index contributed by atoms with van der Waals surface area (Å²) in [7, 11) is 0. The van der Waals surface area contributed by atoms with E-state index in [9.17, 15) is 0 Å². The van der Waals surface area contributed by atoms with Gasteiger partial charge in [0.05, 0.1) is 6.61 Å². The summed E-state index contributed by atoms with van der Waals surface area (Å²) < 4.78 is 10.1. The van der Waals surface area contributed by atoms with E-state index < -0.39 is 0 Å². The average Bonchev–Trinajstić information content (AvgIpc) is 2.79. The predicted octanol–water partition coefficient (Wildman–Crippen LogP) is 2.61. The third-order valence-corrected chi connectivity index (χ3v) is 2.08. The zero-order valence-corrected chi connectivity index (χ0v) is 8.80. The third-order valence-electron chi connectivity index (χ3n) is 2.08. The van der Waals surface area contributed by atoms with Crippen molar-refractivity contribution in [1.29, 1.82) is 5.26 Å². The number of aromatic nitrogens is 1. The Morgan fingerprint density at radius 3 is 2.69 bits per heavy atom. The van der Waals surface area contributed by atoms with E-state index in [1.807, 2.05) is 37.3 Å². The number of benzene rings is 1. The summed E-state index contributed by atoms with van der Waals surface area (Å²) in [4.78, 5) is 0. The van der Waals surface area contributed by atoms with E-state index in [0.717, 1.165) is 11.3 Å². The number of ether oxygens (including phenoxy) is 1. The van der Waals surface area contributed by atoms with Crippen LogP contribution >= 0.6 is 0 Å². The number of rotatable bonds is 3. The molecule has 4 heteroatoms. The Morgan fingerprint density at radius 2 is 2.12 bits per heavy atom. The molecule has 1 aromatic carbocycles. The molecule has 0 atom stereocenters. The highest BCUT2D eigenvalue weighted by Gasteiger charge is 2.05. The first-order valence-corrected chi connectivity index (χ1v) is 4.93. The van der Waals surface area contributed by atoms with Gasteiger partial charge in [-0.3, -0.25) is 0 Å². The first kappa shape index (κ1) is 10.2. The Balaban J connectivity index is 2.24. The molecule has 2 aromatic rings. The smallest absolute Gasteiger partial charge is 0.236 e. The zero-order chi connectivity index (χ0) is 11.4. The molecule has 1 heterocycles. The number of hydrogen-bond acceptors (Lipinski definition) is 4. The molecule has 16 heavy (non-hydrogen) atoms. The van der Waals surface area contributed by atoms with E-state index in [1.54, 1.807) is 6.07 Å². The minimum Gasteiger partial charge on any atom is -0.494 e. The van der Waals surface area contributed by atoms with E-state index >= 15 is 0 Å². The molecule has 0 fully saturated rings. The van der Waals surface area contributed by atoms with Gasteiger partial charge in [-0.05, 0) is 31.2 Å². The Labute approximate surface area is 93.1 Å². The van der Waals surface area contributed by atoms with Crippen molar-refractivity contribution in [2.75, 3.05) is 6.61 Å². The second-order valence-electron chi connectivity index (χ2n) is 3.15. The highest BCUT2D eigenvalue weighted by Crippen LogP contribution is 2.21. The van der Waals surface area contributed by atoms with Gasteiger partial charge in [0.15, 0.2) is 0 Å². The van der Waals surface area contributed by atoms with E-state index in [1.165, 1.54) is 0 Å². The minimum absolute atomic E-state index is 0.212. The Hall–Kier alpha value is -2.28. The van der Waals surface area contributed by atoms with Gasteiger partial charge >= 0.3 is 0 Å². The molecule has 0 spiro atoms. The highest BCUT2D eigenvalue weighted by molar-refractivity contribution is 5.60. The molecule has 0 bridgehead atoms. The largest absolute Gasteiger partial charge is 0.494 e. The summed E-state index contributed by atoms with van der Waals surface area (Å²) >= 11 is 0. The van der Waals surface area contributed by atoms with Gasteiger partial charge in [0.25, 0.3) is 0 Å². The van der Waals surface area contributed by atoms with Gasteiger partial charge < -0.3 is 9.26 Å². The third kappa shape index (κ3) is 2.04. The SMILES string of the molecule is CCOc1ccc(-c2cc(C#N)on2)cc1. The van der Waals surface area contributed by atoms with Crippen LogP contribution in [0.5, 0.6) is 5.75 Å². The lowest BCUT2D eigenvalue weighted by molar-refractivity contribution is 0.340. The maximum absolute atomic E-state index is 8.61. The standard InChI is InChI=1S/C12H10N2O2/c1-2-15-10-5-3-9(4-6-10)12-7-11(8-13)16-14-12/h3-7H,2H2,1H3. The molecule has 0 aliphatic heterocycles. The van der Waals surface area contributed by atoms with Gasteiger partial charge in [-0.25, -0.2) is 0 Å². The predicted molar refractivity (Wildman–Crippen MR) is 57.8 cm³/mol. The molecule has 0 saturated heterocycles. The second-order valence-corrected chi connectivity index (χ2v) is 3.15. The molecule has 0 unspecified atom stereocenters. The molecule has 0 amide bonds. The lowest BCUT2D eigenvalue weighted by Gasteiger charge is -2.02. The van der Waals surface area contributed by atoms with Crippen LogP contribution in [-0.2, 0) is 0 Å². The van der Waals surface area contributed by atoms with Crippen molar-refractivity contribution in [3.63, 3.8) is 0 Å². The van der Waals surface area contributed by atoms with Gasteiger partial charge in [-0.1, -0.05) is 5.16 Å². The Morgan fingerprint density at radius 1 is 1.38 bits per heavy atom. The monoisotopic (exact) mass is 214 g/mol. The summed E-state index contributed by atoms with van der Waals surface area (Å²) in [6.45, 7) is 2.58. The van der Waals surface area contributed by atoms with E-state index in [2.05, 4.69) is 5.16 Å². The zero-order valence-electron chi connectivity index (χ0n) is 8.80. The number of hydrogen-bond donors (Lipinski definition) is 0. The molecule has 0 radical (unpaired) electrons. The molecular weight excluding hydrogens is 204 g/mol. The fraction of sp³-hybridized carbons (Fsp3) is 0.167. The number of nitrogens with zero attached hydrogens (tertiary/aromatic N) is 2. The van der Waals surface area contributed by atoms with Crippen LogP contribution in [-0.4, -0.2) is 11.8 Å². The highest BCUT2D eigenvalue weighted by atomic mass is 16.5. The lowest BCUT2D eigenvalue weighted by Crippen LogP contribution is -1.90. The fourth-order valence-corrected chi connectivity index (χ4v) is 1.35. The van der Waals surface area contributed by atoms with Crippen LogP contribution in [0.4, 0.5) is 0 Å². The van der Waals surface area contributed by atoms with E-state index in [-0.39, 0.29) is 5.76 Å². The van der Waals surface area contributed by atoms with Gasteiger partial charge in [-0.2, -0.15) is 5.26 Å². The average molecular weight is 214 g/mol. The van der Waals surface area contributed by atoms with Crippen molar-refractivity contribution in [3.05, 3.63) is 36.1 Å². The molecule has 0 aliphatic rings. The summed E-state index contributed by atoms with van der Waals surface area (Å²) in [5.41, 5.74) is 1.55. The molecule has 0 saturated carbocycles. The lowest BCUT2D eigenvalue weighted by atomic mass is 10.1. The Kier molecular flexibility index (Phi) is 2.88. The van der Waals surface area contributed by atoms with Crippen LogP contribution in [0.2, 0.25) is 0 Å². The molecule has 80 valence electrons. The summed E-state index contributed by atoms with van der Waals surface area (Å²) in [6, 6.07) is 11.0. The Bertz CT molecular complexity index is 509. The molecule has 1 aromatic heterocycles. The minimum atomic E-state index is 0.212. The number of nitriles is 1. The molecule has 2 rings (SSSR count). The van der Waals surface area contributed by atoms with Crippen LogP contribution in [0.25, 0.3) is 11.3 Å². The summed E-state index contributed by atoms with van der Waals surface area (Å²) in [5, 5.41) is 12.4. The molecular formula is C12H10N2O2. The van der Waals surface area contributed by atoms with Crippen molar-refractivity contribution < 1.29 is 9.26 Å². The van der Waals surface area contributed by atoms with Crippen molar-refractivity contribution in [2.45, 2.75) is 6.92 Å². The van der Waals surface area contributed by atoms with Crippen LogP contribution in [0.1, 0.15) is 12.7 Å². The van der Waals surface area contributed by atoms with Crippen LogP contribution < -0.4 is 4.74 Å². The van der Waals surface area contributed by atoms with Crippen molar-refractivity contribution in [2.24, 2.45) is 0 Å². The van der Waals surface area contributed by atoms with Crippen LogP contribution in [0, 0.1) is 11.3 Å². The van der Waals surface area contributed by atoms with Gasteiger partial charge in [-0.15, -0.1) is 0 Å². The summed E-state index contributed by atoms with van der Waals surface area (Å²) in [6.07, 6.45) is 0. The van der Waals surface area contributed by atoms with Gasteiger partial charge in [0.2, 0.25) is 5.76 Å². The quantitative estimate of drug-likeness (QED) is 0.787. The molecule has 0 aliphatic carbocycles. The summed E-state index contributed by atoms with van der Waals surface area (Å²) in [5.74, 6) is 1.03. The maximum atomic E-state index is 8.61. The van der Waals surface area contributed by atoms with Crippen molar-refractivity contribution in [3.8, 4) is 23.1 Å². The fourth-order valence-electron chi connectivity index (χ4n) is 1.35. The topological polar surface area (TPSA) is 59.0 Å². The second kappa shape index (κ2) is 4.49. The first-order chi connectivity index (χ1) is 7.83. The van der Waals surface area contributed by atoms with Crippen LogP contribution in [0.3, 0.4) is 0 Å². The van der Waals surface area contributed by atoms with Crippen molar-refractivity contribution >= 4 is 0 Å². The molecule has 4 nitrogen and oxygen atoms in total. The first-order valence-electron chi connectivity index (χ1n) is 4.93. The van der Waals surface area contributed by atoms with Gasteiger partial charge in [0, 0.05) is 11.6 Å². The normalized spacial score (nSPS) is 9.75. The van der Waals surface area contributed by atoms with E-state index in [0.29, 0.717) is 12.3 Å². The van der Waals surface area contributed by atoms with Crippen LogP contribution in [0.15, 0.2) is 34.9 Å². The van der Waals surface area contributed by atoms with Gasteiger partial charge in [0.1, 0.15) is 17.5 Å².